The highest BCUT2D eigenvalue weighted by Crippen LogP contribution is 2.14. The number of nitrogen functional groups attached to an aromatic ring is 1. The monoisotopic (exact) mass is 180 g/mol. The molecule has 0 fully saturated rings. The van der Waals surface area contributed by atoms with Crippen LogP contribution in [0.3, 0.4) is 0 Å². The molecule has 1 rings (SSSR count). The van der Waals surface area contributed by atoms with Crippen LogP contribution in [0.5, 0.6) is 0 Å². The summed E-state index contributed by atoms with van der Waals surface area (Å²) in [5.74, 6) is 0. The molecule has 0 aliphatic carbocycles. The lowest BCUT2D eigenvalue weighted by molar-refractivity contribution is 0.138. The Morgan fingerprint density at radius 3 is 2.31 bits per heavy atom. The topological polar surface area (TPSA) is 49.5 Å². The van der Waals surface area contributed by atoms with E-state index >= 15 is 0 Å². The number of rotatable bonds is 3. The third kappa shape index (κ3) is 3.05. The molecule has 0 aromatic heterocycles. The molecule has 0 aliphatic heterocycles. The van der Waals surface area contributed by atoms with Crippen LogP contribution in [0.1, 0.15) is 11.7 Å². The van der Waals surface area contributed by atoms with Crippen LogP contribution in [0.2, 0.25) is 0 Å². The molecule has 0 bridgehead atoms. The van der Waals surface area contributed by atoms with Crippen LogP contribution in [0.25, 0.3) is 0 Å². The number of hydrogen-bond acceptors (Lipinski definition) is 3. The van der Waals surface area contributed by atoms with Crippen molar-refractivity contribution in [1.82, 2.24) is 4.90 Å². The van der Waals surface area contributed by atoms with Crippen molar-refractivity contribution >= 4 is 5.69 Å². The molecule has 1 aromatic carbocycles. The Morgan fingerprint density at radius 1 is 1.31 bits per heavy atom. The van der Waals surface area contributed by atoms with E-state index in [1.54, 1.807) is 12.1 Å². The number of hydrogen-bond donors (Lipinski definition) is 2. The van der Waals surface area contributed by atoms with Crippen molar-refractivity contribution in [2.45, 2.75) is 6.10 Å². The number of anilines is 1. The third-order valence-electron chi connectivity index (χ3n) is 1.86. The maximum atomic E-state index is 9.70. The predicted molar refractivity (Wildman–Crippen MR) is 54.4 cm³/mol. The Bertz CT molecular complexity index is 256. The highest BCUT2D eigenvalue weighted by atomic mass is 16.3. The van der Waals surface area contributed by atoms with Crippen LogP contribution in [0, 0.1) is 0 Å². The second-order valence-electron chi connectivity index (χ2n) is 3.44. The van der Waals surface area contributed by atoms with Crippen LogP contribution in [0.4, 0.5) is 5.69 Å². The van der Waals surface area contributed by atoms with Gasteiger partial charge in [-0.05, 0) is 31.8 Å². The Hall–Kier alpha value is -1.06. The van der Waals surface area contributed by atoms with E-state index in [-0.39, 0.29) is 0 Å². The van der Waals surface area contributed by atoms with Gasteiger partial charge < -0.3 is 15.7 Å². The van der Waals surface area contributed by atoms with Crippen molar-refractivity contribution in [2.24, 2.45) is 0 Å². The zero-order chi connectivity index (χ0) is 9.84. The summed E-state index contributed by atoms with van der Waals surface area (Å²) < 4.78 is 0. The zero-order valence-corrected chi connectivity index (χ0v) is 8.07. The average molecular weight is 180 g/mol. The maximum absolute atomic E-state index is 9.70. The number of aliphatic hydroxyl groups excluding tert-OH is 1. The van der Waals surface area contributed by atoms with Gasteiger partial charge in [-0.3, -0.25) is 0 Å². The number of benzene rings is 1. The van der Waals surface area contributed by atoms with Crippen LogP contribution < -0.4 is 5.73 Å². The second kappa shape index (κ2) is 4.25. The van der Waals surface area contributed by atoms with Gasteiger partial charge in [0.2, 0.25) is 0 Å². The Balaban J connectivity index is 2.66. The summed E-state index contributed by atoms with van der Waals surface area (Å²) in [4.78, 5) is 1.95. The fourth-order valence-corrected chi connectivity index (χ4v) is 1.17. The number of nitrogens with two attached hydrogens (primary N) is 1. The number of likely N-dealkylation sites (N-methyl/N-ethyl adjacent to an activating group) is 1. The molecule has 1 atom stereocenters. The lowest BCUT2D eigenvalue weighted by atomic mass is 10.1. The molecule has 3 nitrogen and oxygen atoms in total. The van der Waals surface area contributed by atoms with Gasteiger partial charge in [0.15, 0.2) is 0 Å². The van der Waals surface area contributed by atoms with E-state index in [9.17, 15) is 5.11 Å². The maximum Gasteiger partial charge on any atom is 0.0916 e. The van der Waals surface area contributed by atoms with E-state index in [4.69, 9.17) is 5.73 Å². The highest BCUT2D eigenvalue weighted by Gasteiger charge is 2.07. The van der Waals surface area contributed by atoms with Gasteiger partial charge in [-0.15, -0.1) is 0 Å². The van der Waals surface area contributed by atoms with Gasteiger partial charge in [0, 0.05) is 12.2 Å². The normalized spacial score (nSPS) is 13.2. The van der Waals surface area contributed by atoms with Gasteiger partial charge >= 0.3 is 0 Å². The minimum Gasteiger partial charge on any atom is -0.399 e. The van der Waals surface area contributed by atoms with Gasteiger partial charge in [0.05, 0.1) is 6.10 Å². The van der Waals surface area contributed by atoms with Crippen molar-refractivity contribution in [3.05, 3.63) is 29.8 Å². The number of aliphatic hydroxyl groups is 1. The molecule has 0 heterocycles. The van der Waals surface area contributed by atoms with Gasteiger partial charge in [-0.1, -0.05) is 12.1 Å². The van der Waals surface area contributed by atoms with Crippen molar-refractivity contribution in [1.29, 1.82) is 0 Å². The summed E-state index contributed by atoms with van der Waals surface area (Å²) in [7, 11) is 3.86. The minimum absolute atomic E-state index is 0.435. The van der Waals surface area contributed by atoms with Crippen LogP contribution in [-0.2, 0) is 0 Å². The van der Waals surface area contributed by atoms with Crippen LogP contribution in [-0.4, -0.2) is 30.6 Å². The third-order valence-corrected chi connectivity index (χ3v) is 1.86. The van der Waals surface area contributed by atoms with Crippen LogP contribution >= 0.6 is 0 Å². The lowest BCUT2D eigenvalue weighted by Crippen LogP contribution is -2.19. The van der Waals surface area contributed by atoms with E-state index in [1.165, 1.54) is 0 Å². The second-order valence-corrected chi connectivity index (χ2v) is 3.44. The first-order valence-electron chi connectivity index (χ1n) is 4.28. The Morgan fingerprint density at radius 2 is 1.85 bits per heavy atom. The fourth-order valence-electron chi connectivity index (χ4n) is 1.17. The summed E-state index contributed by atoms with van der Waals surface area (Å²) in [6.07, 6.45) is -0.435. The molecule has 3 N–H and O–H groups in total. The SMILES string of the molecule is CN(C)C[C@H](O)c1ccc(N)cc1. The van der Waals surface area contributed by atoms with Crippen molar-refractivity contribution in [3.8, 4) is 0 Å². The van der Waals surface area contributed by atoms with E-state index in [0.717, 1.165) is 11.3 Å². The van der Waals surface area contributed by atoms with E-state index < -0.39 is 6.10 Å². The van der Waals surface area contributed by atoms with E-state index in [0.29, 0.717) is 6.54 Å². The lowest BCUT2D eigenvalue weighted by Gasteiger charge is -2.16. The van der Waals surface area contributed by atoms with Crippen molar-refractivity contribution in [3.63, 3.8) is 0 Å². The first-order valence-corrected chi connectivity index (χ1v) is 4.28. The molecule has 0 amide bonds. The molecular formula is C10H16N2O. The smallest absolute Gasteiger partial charge is 0.0916 e. The summed E-state index contributed by atoms with van der Waals surface area (Å²) >= 11 is 0. The molecular weight excluding hydrogens is 164 g/mol. The van der Waals surface area contributed by atoms with Crippen LogP contribution in [0.15, 0.2) is 24.3 Å². The summed E-state index contributed by atoms with van der Waals surface area (Å²) in [6.45, 7) is 0.629. The van der Waals surface area contributed by atoms with Gasteiger partial charge in [-0.25, -0.2) is 0 Å². The first kappa shape index (κ1) is 10.0. The summed E-state index contributed by atoms with van der Waals surface area (Å²) in [6, 6.07) is 7.30. The highest BCUT2D eigenvalue weighted by molar-refractivity contribution is 5.39. The zero-order valence-electron chi connectivity index (χ0n) is 8.07. The van der Waals surface area contributed by atoms with Gasteiger partial charge in [0.1, 0.15) is 0 Å². The molecule has 0 saturated heterocycles. The Labute approximate surface area is 78.8 Å². The molecule has 0 aliphatic rings. The molecule has 72 valence electrons. The molecule has 13 heavy (non-hydrogen) atoms. The predicted octanol–water partition coefficient (Wildman–Crippen LogP) is 0.864. The minimum atomic E-state index is -0.435. The quantitative estimate of drug-likeness (QED) is 0.678. The first-order chi connectivity index (χ1) is 6.09. The molecule has 3 heteroatoms. The molecule has 0 spiro atoms. The van der Waals surface area contributed by atoms with Gasteiger partial charge in [-0.2, -0.15) is 0 Å². The summed E-state index contributed by atoms with van der Waals surface area (Å²) in [5.41, 5.74) is 7.16. The van der Waals surface area contributed by atoms with E-state index in [1.807, 2.05) is 31.1 Å². The average Bonchev–Trinajstić information content (AvgIpc) is 2.04. The molecule has 1 aromatic rings. The van der Waals surface area contributed by atoms with Crippen molar-refractivity contribution in [2.75, 3.05) is 26.4 Å². The summed E-state index contributed by atoms with van der Waals surface area (Å²) in [5, 5.41) is 9.70. The van der Waals surface area contributed by atoms with Crippen molar-refractivity contribution < 1.29 is 5.11 Å². The standard InChI is InChI=1S/C10H16N2O/c1-12(2)7-10(13)8-3-5-9(11)6-4-8/h3-6,10,13H,7,11H2,1-2H3/t10-/m0/s1. The van der Waals surface area contributed by atoms with E-state index in [2.05, 4.69) is 0 Å². The Kier molecular flexibility index (Phi) is 3.28. The largest absolute Gasteiger partial charge is 0.399 e. The fraction of sp³-hybridized carbons (Fsp3) is 0.400. The molecule has 0 radical (unpaired) electrons. The molecule has 0 unspecified atom stereocenters. The number of nitrogens with zero attached hydrogens (tertiary/aromatic N) is 1. The molecule has 0 saturated carbocycles. The van der Waals surface area contributed by atoms with Gasteiger partial charge in [0.25, 0.3) is 0 Å².